The summed E-state index contributed by atoms with van der Waals surface area (Å²) in [6, 6.07) is 1.27. The molecule has 0 unspecified atom stereocenters. The zero-order chi connectivity index (χ0) is 10.7. The summed E-state index contributed by atoms with van der Waals surface area (Å²) in [7, 11) is 1.18. The number of alkyl halides is 1. The number of hydrogen-bond acceptors (Lipinski definition) is 4. The minimum absolute atomic E-state index is 0.0194. The monoisotopic (exact) mass is 218 g/mol. The topological polar surface area (TPSA) is 65.2 Å². The predicted octanol–water partition coefficient (Wildman–Crippen LogP) is 1.57. The maximum Gasteiger partial charge on any atom is 0.358 e. The molecule has 0 bridgehead atoms. The van der Waals surface area contributed by atoms with Crippen molar-refractivity contribution in [2.75, 3.05) is 12.8 Å². The molecule has 4 nitrogen and oxygen atoms in total. The Labute approximate surface area is 84.8 Å². The Hall–Kier alpha value is -1.36. The number of nitrogens with zero attached hydrogens (tertiary/aromatic N) is 1. The minimum Gasteiger partial charge on any atom is -0.464 e. The molecular formula is C8H8ClFN2O2. The molecule has 1 aromatic rings. The molecule has 0 aliphatic carbocycles. The van der Waals surface area contributed by atoms with E-state index in [-0.39, 0.29) is 22.1 Å². The van der Waals surface area contributed by atoms with Gasteiger partial charge in [-0.15, -0.1) is 0 Å². The molecule has 14 heavy (non-hydrogen) atoms. The van der Waals surface area contributed by atoms with Crippen LogP contribution in [0.3, 0.4) is 0 Å². The number of rotatable bonds is 2. The van der Waals surface area contributed by atoms with Crippen LogP contribution in [0.1, 0.15) is 16.2 Å². The van der Waals surface area contributed by atoms with Gasteiger partial charge in [0.15, 0.2) is 5.69 Å². The Kier molecular flexibility index (Phi) is 3.24. The number of anilines is 1. The number of esters is 1. The number of nitrogen functional groups attached to an aromatic ring is 1. The number of carbonyl (C=O) groups excluding carboxylic acids is 1. The van der Waals surface area contributed by atoms with E-state index >= 15 is 0 Å². The van der Waals surface area contributed by atoms with Gasteiger partial charge in [0.05, 0.1) is 23.5 Å². The molecule has 0 aromatic carbocycles. The van der Waals surface area contributed by atoms with Crippen molar-refractivity contribution in [3.05, 3.63) is 22.5 Å². The van der Waals surface area contributed by atoms with Crippen LogP contribution in [0.5, 0.6) is 0 Å². The van der Waals surface area contributed by atoms with Gasteiger partial charge in [0, 0.05) is 0 Å². The Balaban J connectivity index is 3.27. The summed E-state index contributed by atoms with van der Waals surface area (Å²) in [5, 5.41) is -0.0194. The largest absolute Gasteiger partial charge is 0.464 e. The number of nitrogens with two attached hydrogens (primary N) is 1. The summed E-state index contributed by atoms with van der Waals surface area (Å²) in [6.45, 7) is -0.814. The van der Waals surface area contributed by atoms with E-state index in [1.54, 1.807) is 0 Å². The van der Waals surface area contributed by atoms with E-state index in [1.165, 1.54) is 13.2 Å². The second-order valence-electron chi connectivity index (χ2n) is 2.49. The molecule has 0 atom stereocenters. The van der Waals surface area contributed by atoms with Gasteiger partial charge in [-0.3, -0.25) is 0 Å². The SMILES string of the molecule is COC(=O)c1nc(CF)cc(N)c1Cl. The number of halogens is 2. The average Bonchev–Trinajstić information content (AvgIpc) is 2.20. The lowest BCUT2D eigenvalue weighted by Crippen LogP contribution is -2.08. The highest BCUT2D eigenvalue weighted by Gasteiger charge is 2.16. The van der Waals surface area contributed by atoms with Crippen molar-refractivity contribution < 1.29 is 13.9 Å². The highest BCUT2D eigenvalue weighted by molar-refractivity contribution is 6.35. The number of pyridine rings is 1. The zero-order valence-corrected chi connectivity index (χ0v) is 8.14. The van der Waals surface area contributed by atoms with Crippen LogP contribution in [0.25, 0.3) is 0 Å². The third-order valence-electron chi connectivity index (χ3n) is 1.55. The molecule has 0 amide bonds. The first-order valence-corrected chi connectivity index (χ1v) is 4.07. The van der Waals surface area contributed by atoms with Crippen LogP contribution in [-0.4, -0.2) is 18.1 Å². The van der Waals surface area contributed by atoms with Gasteiger partial charge in [0.2, 0.25) is 0 Å². The van der Waals surface area contributed by atoms with Crippen molar-refractivity contribution >= 4 is 23.3 Å². The smallest absolute Gasteiger partial charge is 0.358 e. The van der Waals surface area contributed by atoms with Gasteiger partial charge in [-0.1, -0.05) is 11.6 Å². The molecule has 0 fully saturated rings. The Bertz CT molecular complexity index is 371. The number of ether oxygens (including phenoxy) is 1. The van der Waals surface area contributed by atoms with E-state index in [9.17, 15) is 9.18 Å². The van der Waals surface area contributed by atoms with Gasteiger partial charge in [-0.2, -0.15) is 0 Å². The fourth-order valence-electron chi connectivity index (χ4n) is 0.905. The third-order valence-corrected chi connectivity index (χ3v) is 1.95. The normalized spacial score (nSPS) is 9.93. The van der Waals surface area contributed by atoms with Gasteiger partial charge in [0.1, 0.15) is 6.67 Å². The van der Waals surface area contributed by atoms with Gasteiger partial charge in [-0.05, 0) is 6.07 Å². The minimum atomic E-state index is -0.814. The van der Waals surface area contributed by atoms with E-state index in [0.29, 0.717) is 0 Å². The molecule has 2 N–H and O–H groups in total. The van der Waals surface area contributed by atoms with Crippen LogP contribution in [0.15, 0.2) is 6.07 Å². The summed E-state index contributed by atoms with van der Waals surface area (Å²) in [4.78, 5) is 14.8. The van der Waals surface area contributed by atoms with E-state index < -0.39 is 12.6 Å². The molecule has 0 aliphatic rings. The van der Waals surface area contributed by atoms with Crippen molar-refractivity contribution in [2.24, 2.45) is 0 Å². The quantitative estimate of drug-likeness (QED) is 0.766. The molecule has 1 rings (SSSR count). The maximum absolute atomic E-state index is 12.3. The third kappa shape index (κ3) is 1.93. The lowest BCUT2D eigenvalue weighted by Gasteiger charge is -2.05. The molecular weight excluding hydrogens is 211 g/mol. The predicted molar refractivity (Wildman–Crippen MR) is 49.8 cm³/mol. The standard InChI is InChI=1S/C8H8ClFN2O2/c1-14-8(13)7-6(9)5(11)2-4(3-10)12-7/h2H,3H2,1H3,(H2,11,12). The average molecular weight is 219 g/mol. The first-order valence-electron chi connectivity index (χ1n) is 3.69. The number of methoxy groups -OCH3 is 1. The molecule has 6 heteroatoms. The summed E-state index contributed by atoms with van der Waals surface area (Å²) < 4.78 is 16.7. The Morgan fingerprint density at radius 3 is 2.93 bits per heavy atom. The van der Waals surface area contributed by atoms with Crippen molar-refractivity contribution in [1.29, 1.82) is 0 Å². The van der Waals surface area contributed by atoms with Gasteiger partial charge < -0.3 is 10.5 Å². The van der Waals surface area contributed by atoms with Crippen LogP contribution >= 0.6 is 11.6 Å². The van der Waals surface area contributed by atoms with Crippen molar-refractivity contribution in [3.63, 3.8) is 0 Å². The highest BCUT2D eigenvalue weighted by atomic mass is 35.5. The van der Waals surface area contributed by atoms with E-state index in [2.05, 4.69) is 9.72 Å². The fourth-order valence-corrected chi connectivity index (χ4v) is 1.08. The van der Waals surface area contributed by atoms with E-state index in [1.807, 2.05) is 0 Å². The lowest BCUT2D eigenvalue weighted by molar-refractivity contribution is 0.0594. The van der Waals surface area contributed by atoms with E-state index in [0.717, 1.165) is 0 Å². The van der Waals surface area contributed by atoms with Crippen LogP contribution in [0, 0.1) is 0 Å². The van der Waals surface area contributed by atoms with Crippen molar-refractivity contribution in [1.82, 2.24) is 4.98 Å². The highest BCUT2D eigenvalue weighted by Crippen LogP contribution is 2.23. The molecule has 0 saturated heterocycles. The van der Waals surface area contributed by atoms with Gasteiger partial charge >= 0.3 is 5.97 Å². The molecule has 0 saturated carbocycles. The second kappa shape index (κ2) is 4.23. The molecule has 0 radical (unpaired) electrons. The van der Waals surface area contributed by atoms with Crippen LogP contribution in [0.2, 0.25) is 5.02 Å². The second-order valence-corrected chi connectivity index (χ2v) is 2.87. The first-order chi connectivity index (χ1) is 6.60. The Morgan fingerprint density at radius 2 is 2.43 bits per heavy atom. The lowest BCUT2D eigenvalue weighted by atomic mass is 10.2. The maximum atomic E-state index is 12.3. The molecule has 1 aromatic heterocycles. The number of aromatic nitrogens is 1. The Morgan fingerprint density at radius 1 is 1.79 bits per heavy atom. The van der Waals surface area contributed by atoms with Gasteiger partial charge in [-0.25, -0.2) is 14.2 Å². The first kappa shape index (κ1) is 10.7. The molecule has 76 valence electrons. The molecule has 1 heterocycles. The molecule has 0 aliphatic heterocycles. The van der Waals surface area contributed by atoms with Crippen molar-refractivity contribution in [3.8, 4) is 0 Å². The number of hydrogen-bond donors (Lipinski definition) is 1. The summed E-state index contributed by atoms with van der Waals surface area (Å²) in [6.07, 6.45) is 0. The number of carbonyl (C=O) groups is 1. The molecule has 0 spiro atoms. The van der Waals surface area contributed by atoms with Crippen LogP contribution in [-0.2, 0) is 11.4 Å². The summed E-state index contributed by atoms with van der Waals surface area (Å²) >= 11 is 5.69. The van der Waals surface area contributed by atoms with Crippen LogP contribution < -0.4 is 5.73 Å². The van der Waals surface area contributed by atoms with Gasteiger partial charge in [0.25, 0.3) is 0 Å². The van der Waals surface area contributed by atoms with Crippen molar-refractivity contribution in [2.45, 2.75) is 6.67 Å². The summed E-state index contributed by atoms with van der Waals surface area (Å²) in [5.74, 6) is -0.739. The fraction of sp³-hybridized carbons (Fsp3) is 0.250. The van der Waals surface area contributed by atoms with E-state index in [4.69, 9.17) is 17.3 Å². The summed E-state index contributed by atoms with van der Waals surface area (Å²) in [5.41, 5.74) is 5.43. The zero-order valence-electron chi connectivity index (χ0n) is 7.38. The van der Waals surface area contributed by atoms with Crippen LogP contribution in [0.4, 0.5) is 10.1 Å².